The highest BCUT2D eigenvalue weighted by Crippen LogP contribution is 2.29. The van der Waals surface area contributed by atoms with Gasteiger partial charge >= 0.3 is 0 Å². The number of hydrogen-bond donors (Lipinski definition) is 1. The van der Waals surface area contributed by atoms with E-state index in [1.807, 2.05) is 30.3 Å². The minimum absolute atomic E-state index is 0.306. The molecular weight excluding hydrogens is 306 g/mol. The van der Waals surface area contributed by atoms with Gasteiger partial charge in [-0.3, -0.25) is 0 Å². The molecule has 0 radical (unpaired) electrons. The Hall–Kier alpha value is -2.67. The van der Waals surface area contributed by atoms with Crippen molar-refractivity contribution in [1.82, 2.24) is 19.8 Å². The van der Waals surface area contributed by atoms with Crippen molar-refractivity contribution in [3.8, 4) is 17.0 Å². The lowest BCUT2D eigenvalue weighted by Crippen LogP contribution is -2.38. The Morgan fingerprint density at radius 2 is 2.08 bits per heavy atom. The topological polar surface area (TPSA) is 75.8 Å². The van der Waals surface area contributed by atoms with Crippen LogP contribution in [0.25, 0.3) is 16.9 Å². The van der Waals surface area contributed by atoms with Gasteiger partial charge in [0.25, 0.3) is 0 Å². The van der Waals surface area contributed by atoms with E-state index in [1.54, 1.807) is 18.0 Å². The summed E-state index contributed by atoms with van der Waals surface area (Å²) in [6.07, 6.45) is 3.10. The monoisotopic (exact) mass is 325 g/mol. The third kappa shape index (κ3) is 2.67. The highest BCUT2D eigenvalue weighted by atomic mass is 16.5. The Labute approximate surface area is 139 Å². The molecule has 1 atom stereocenters. The molecule has 1 N–H and O–H groups in total. The maximum atomic E-state index is 9.99. The van der Waals surface area contributed by atoms with Gasteiger partial charge in [0.15, 0.2) is 0 Å². The smallest absolute Gasteiger partial charge is 0.200 e. The molecule has 7 heteroatoms. The highest BCUT2D eigenvalue weighted by Gasteiger charge is 2.22. The van der Waals surface area contributed by atoms with Crippen molar-refractivity contribution in [1.29, 1.82) is 0 Å². The zero-order chi connectivity index (χ0) is 16.5. The number of aliphatic hydroxyl groups excluding tert-OH is 1. The number of nitrogens with zero attached hydrogens (tertiary/aromatic N) is 5. The first-order valence-electron chi connectivity index (χ1n) is 8.03. The van der Waals surface area contributed by atoms with E-state index in [0.717, 1.165) is 42.1 Å². The molecule has 1 saturated heterocycles. The second kappa shape index (κ2) is 6.09. The summed E-state index contributed by atoms with van der Waals surface area (Å²) in [7, 11) is 1.65. The third-order valence-corrected chi connectivity index (χ3v) is 4.37. The van der Waals surface area contributed by atoms with Crippen molar-refractivity contribution >= 4 is 11.3 Å². The average molecular weight is 325 g/mol. The van der Waals surface area contributed by atoms with Crippen molar-refractivity contribution in [2.24, 2.45) is 0 Å². The number of fused-ring (bicyclic) bond motifs is 1. The fourth-order valence-corrected chi connectivity index (χ4v) is 3.12. The summed E-state index contributed by atoms with van der Waals surface area (Å²) in [5.74, 6) is 0.809. The highest BCUT2D eigenvalue weighted by molar-refractivity contribution is 5.74. The minimum Gasteiger partial charge on any atom is -0.497 e. The molecule has 2 aromatic heterocycles. The molecule has 1 aliphatic heterocycles. The standard InChI is InChI=1S/C17H19N5O2/c1-24-14-6-4-12(5-7-14)15-9-16(17-19-18-11-22(17)20-15)21-8-2-3-13(23)10-21/h4-7,9,11,13,23H,2-3,8,10H2,1H3. The summed E-state index contributed by atoms with van der Waals surface area (Å²) in [6, 6.07) is 9.80. The number of hydrogen-bond acceptors (Lipinski definition) is 6. The van der Waals surface area contributed by atoms with Gasteiger partial charge in [0.2, 0.25) is 5.65 Å². The molecule has 0 spiro atoms. The molecule has 0 bridgehead atoms. The van der Waals surface area contributed by atoms with Crippen LogP contribution in [0.4, 0.5) is 5.69 Å². The predicted octanol–water partition coefficient (Wildman–Crippen LogP) is 1.76. The Morgan fingerprint density at radius 1 is 1.25 bits per heavy atom. The Morgan fingerprint density at radius 3 is 2.83 bits per heavy atom. The summed E-state index contributed by atoms with van der Waals surface area (Å²) in [6.45, 7) is 1.50. The summed E-state index contributed by atoms with van der Waals surface area (Å²) in [4.78, 5) is 2.16. The second-order valence-corrected chi connectivity index (χ2v) is 5.98. The van der Waals surface area contributed by atoms with E-state index >= 15 is 0 Å². The zero-order valence-corrected chi connectivity index (χ0v) is 13.5. The molecule has 1 aliphatic rings. The second-order valence-electron chi connectivity index (χ2n) is 5.98. The van der Waals surface area contributed by atoms with Gasteiger partial charge in [0.05, 0.1) is 24.6 Å². The number of methoxy groups -OCH3 is 1. The molecular formula is C17H19N5O2. The van der Waals surface area contributed by atoms with Crippen molar-refractivity contribution in [2.45, 2.75) is 18.9 Å². The minimum atomic E-state index is -0.306. The molecule has 124 valence electrons. The first-order chi connectivity index (χ1) is 11.7. The quantitative estimate of drug-likeness (QED) is 0.791. The molecule has 1 unspecified atom stereocenters. The van der Waals surface area contributed by atoms with Gasteiger partial charge < -0.3 is 14.7 Å². The SMILES string of the molecule is COc1ccc(-c2cc(N3CCCC(O)C3)c3nncn3n2)cc1. The van der Waals surface area contributed by atoms with Crippen molar-refractivity contribution in [2.75, 3.05) is 25.1 Å². The number of rotatable bonds is 3. The summed E-state index contributed by atoms with van der Waals surface area (Å²) in [5.41, 5.74) is 3.48. The van der Waals surface area contributed by atoms with E-state index in [4.69, 9.17) is 4.74 Å². The molecule has 3 aromatic rings. The first kappa shape index (κ1) is 14.9. The molecule has 4 rings (SSSR count). The van der Waals surface area contributed by atoms with Crippen molar-refractivity contribution in [3.63, 3.8) is 0 Å². The van der Waals surface area contributed by atoms with Crippen LogP contribution in [0.3, 0.4) is 0 Å². The van der Waals surface area contributed by atoms with Crippen LogP contribution >= 0.6 is 0 Å². The molecule has 7 nitrogen and oxygen atoms in total. The van der Waals surface area contributed by atoms with E-state index in [-0.39, 0.29) is 6.10 Å². The molecule has 1 fully saturated rings. The van der Waals surface area contributed by atoms with Gasteiger partial charge in [-0.25, -0.2) is 0 Å². The average Bonchev–Trinajstić information content (AvgIpc) is 3.09. The van der Waals surface area contributed by atoms with Gasteiger partial charge in [-0.2, -0.15) is 9.61 Å². The number of anilines is 1. The fourth-order valence-electron chi connectivity index (χ4n) is 3.12. The van der Waals surface area contributed by atoms with Crippen molar-refractivity contribution in [3.05, 3.63) is 36.7 Å². The van der Waals surface area contributed by atoms with E-state index < -0.39 is 0 Å². The van der Waals surface area contributed by atoms with Crippen LogP contribution in [-0.4, -0.2) is 51.2 Å². The summed E-state index contributed by atoms with van der Waals surface area (Å²) in [5, 5.41) is 22.8. The van der Waals surface area contributed by atoms with Gasteiger partial charge in [-0.1, -0.05) is 0 Å². The Balaban J connectivity index is 1.79. The first-order valence-corrected chi connectivity index (χ1v) is 8.03. The number of benzene rings is 1. The lowest BCUT2D eigenvalue weighted by atomic mass is 10.1. The lowest BCUT2D eigenvalue weighted by Gasteiger charge is -2.32. The van der Waals surface area contributed by atoms with Crippen LogP contribution in [0.5, 0.6) is 5.75 Å². The zero-order valence-electron chi connectivity index (χ0n) is 13.5. The Kier molecular flexibility index (Phi) is 3.78. The van der Waals surface area contributed by atoms with Crippen LogP contribution in [0.1, 0.15) is 12.8 Å². The third-order valence-electron chi connectivity index (χ3n) is 4.37. The van der Waals surface area contributed by atoms with E-state index in [2.05, 4.69) is 20.2 Å². The van der Waals surface area contributed by atoms with E-state index in [0.29, 0.717) is 12.2 Å². The number of β-amino-alcohol motifs (C(OH)–C–C–N with tert-alkyl or cyclic N) is 1. The molecule has 0 aliphatic carbocycles. The molecule has 3 heterocycles. The molecule has 1 aromatic carbocycles. The maximum absolute atomic E-state index is 9.99. The number of aliphatic hydroxyl groups is 1. The number of aromatic nitrogens is 4. The largest absolute Gasteiger partial charge is 0.497 e. The number of piperidine rings is 1. The van der Waals surface area contributed by atoms with Crippen LogP contribution in [-0.2, 0) is 0 Å². The summed E-state index contributed by atoms with van der Waals surface area (Å²) < 4.78 is 6.90. The van der Waals surface area contributed by atoms with Gasteiger partial charge in [-0.05, 0) is 43.2 Å². The van der Waals surface area contributed by atoms with Crippen molar-refractivity contribution < 1.29 is 9.84 Å². The Bertz CT molecular complexity index is 846. The van der Waals surface area contributed by atoms with Crippen LogP contribution in [0, 0.1) is 0 Å². The molecule has 24 heavy (non-hydrogen) atoms. The normalized spacial score (nSPS) is 18.1. The van der Waals surface area contributed by atoms with Crippen LogP contribution < -0.4 is 9.64 Å². The van der Waals surface area contributed by atoms with Gasteiger partial charge in [0.1, 0.15) is 12.1 Å². The van der Waals surface area contributed by atoms with Gasteiger partial charge in [0, 0.05) is 18.7 Å². The molecule has 0 amide bonds. The predicted molar refractivity (Wildman–Crippen MR) is 90.2 cm³/mol. The van der Waals surface area contributed by atoms with E-state index in [9.17, 15) is 5.11 Å². The summed E-state index contributed by atoms with van der Waals surface area (Å²) >= 11 is 0. The van der Waals surface area contributed by atoms with E-state index in [1.165, 1.54) is 0 Å². The van der Waals surface area contributed by atoms with Crippen LogP contribution in [0.2, 0.25) is 0 Å². The van der Waals surface area contributed by atoms with Crippen LogP contribution in [0.15, 0.2) is 36.7 Å². The fraction of sp³-hybridized carbons (Fsp3) is 0.353. The molecule has 0 saturated carbocycles. The lowest BCUT2D eigenvalue weighted by molar-refractivity contribution is 0.154. The maximum Gasteiger partial charge on any atom is 0.200 e. The van der Waals surface area contributed by atoms with Gasteiger partial charge in [-0.15, -0.1) is 10.2 Å². The number of ether oxygens (including phenoxy) is 1.